The van der Waals surface area contributed by atoms with E-state index in [9.17, 15) is 107 Å². The van der Waals surface area contributed by atoms with Gasteiger partial charge in [-0.2, -0.15) is 0 Å². The van der Waals surface area contributed by atoms with Gasteiger partial charge >= 0.3 is 17.9 Å². The summed E-state index contributed by atoms with van der Waals surface area (Å²) in [5.41, 5.74) is 18.9. The Morgan fingerprint density at radius 3 is 1.03 bits per heavy atom. The van der Waals surface area contributed by atoms with E-state index < -0.39 is 230 Å². The Labute approximate surface area is 681 Å². The topological polar surface area (TPSA) is 654 Å². The lowest BCUT2D eigenvalue weighted by Crippen LogP contribution is -2.61. The number of para-hydroxylation sites is 2. The highest BCUT2D eigenvalue weighted by Crippen LogP contribution is 2.23. The van der Waals surface area contributed by atoms with Crippen LogP contribution >= 0.6 is 0 Å². The number of aromatic amines is 2. The van der Waals surface area contributed by atoms with Crippen molar-refractivity contribution in [3.63, 3.8) is 0 Å². The Morgan fingerprint density at radius 1 is 0.356 bits per heavy atom. The number of carboxylic acid groups (broad SMARTS) is 3. The van der Waals surface area contributed by atoms with Gasteiger partial charge in [0.2, 0.25) is 88.6 Å². The van der Waals surface area contributed by atoms with Crippen LogP contribution in [0.3, 0.4) is 0 Å². The van der Waals surface area contributed by atoms with E-state index in [2.05, 4.69) is 79.1 Å². The fourth-order valence-corrected chi connectivity index (χ4v) is 12.8. The number of hydrogen-bond donors (Lipinski definition) is 22. The largest absolute Gasteiger partial charge is 0.481 e. The quantitative estimate of drug-likeness (QED) is 0.0206. The summed E-state index contributed by atoms with van der Waals surface area (Å²) in [5, 5.41) is 73.4. The number of aliphatic hydroxyl groups is 1. The van der Waals surface area contributed by atoms with Gasteiger partial charge in [-0.3, -0.25) is 86.3 Å². The molecule has 118 heavy (non-hydrogen) atoms. The maximum Gasteiger partial charge on any atom is 0.305 e. The van der Waals surface area contributed by atoms with Crippen molar-refractivity contribution in [2.45, 2.75) is 244 Å². The van der Waals surface area contributed by atoms with Gasteiger partial charge in [0.15, 0.2) is 0 Å². The second-order valence-corrected chi connectivity index (χ2v) is 30.8. The van der Waals surface area contributed by atoms with Gasteiger partial charge < -0.3 is 117 Å². The molecule has 650 valence electrons. The van der Waals surface area contributed by atoms with Crippen LogP contribution in [0.2, 0.25) is 0 Å². The molecule has 15 amide bonds. The number of fused-ring (bicyclic) bond motifs is 2. The number of benzene rings is 2. The molecule has 40 heteroatoms. The first-order valence-corrected chi connectivity index (χ1v) is 39.1. The predicted octanol–water partition coefficient (Wildman–Crippen LogP) is -2.35. The van der Waals surface area contributed by atoms with Crippen molar-refractivity contribution in [2.75, 3.05) is 13.2 Å². The second-order valence-electron chi connectivity index (χ2n) is 30.8. The van der Waals surface area contributed by atoms with E-state index in [1.165, 1.54) is 6.92 Å². The molecule has 0 radical (unpaired) electrons. The van der Waals surface area contributed by atoms with E-state index in [4.69, 9.17) is 17.2 Å². The molecule has 0 aliphatic carbocycles. The maximum atomic E-state index is 14.8. The van der Waals surface area contributed by atoms with E-state index >= 15 is 0 Å². The molecule has 25 N–H and O–H groups in total. The van der Waals surface area contributed by atoms with Crippen LogP contribution in [-0.4, -0.2) is 229 Å². The number of H-pyrrole nitrogens is 2. The summed E-state index contributed by atoms with van der Waals surface area (Å²) in [6, 6.07) is -6.84. The summed E-state index contributed by atoms with van der Waals surface area (Å²) in [6.07, 6.45) is -1.55. The summed E-state index contributed by atoms with van der Waals surface area (Å²) in [4.78, 5) is 250. The first-order valence-electron chi connectivity index (χ1n) is 39.1. The van der Waals surface area contributed by atoms with Crippen molar-refractivity contribution >= 4 is 128 Å². The fraction of sp³-hybridized carbons (Fsp3) is 0.564. The molecule has 2 aromatic carbocycles. The molecule has 0 bridgehead atoms. The molecule has 0 unspecified atom stereocenters. The number of hydrogen-bond acceptors (Lipinski definition) is 20. The lowest BCUT2D eigenvalue weighted by Gasteiger charge is -2.29. The molecule has 2 heterocycles. The molecular weight excluding hydrogens is 1540 g/mol. The highest BCUT2D eigenvalue weighted by atomic mass is 16.4. The van der Waals surface area contributed by atoms with Gasteiger partial charge in [-0.25, -0.2) is 0 Å². The number of unbranched alkanes of at least 4 members (excludes halogenated alkanes) is 1. The van der Waals surface area contributed by atoms with Crippen LogP contribution < -0.4 is 86.3 Å². The number of nitrogens with one attached hydrogen (secondary N) is 15. The minimum absolute atomic E-state index is 0.0157. The van der Waals surface area contributed by atoms with Gasteiger partial charge in [0.05, 0.1) is 19.4 Å². The molecule has 0 saturated heterocycles. The van der Waals surface area contributed by atoms with Crippen LogP contribution in [0, 0.1) is 23.7 Å². The lowest BCUT2D eigenvalue weighted by molar-refractivity contribution is -0.142. The summed E-state index contributed by atoms with van der Waals surface area (Å²) < 4.78 is 0. The zero-order valence-electron chi connectivity index (χ0n) is 68.0. The van der Waals surface area contributed by atoms with E-state index in [0.29, 0.717) is 32.9 Å². The molecule has 40 nitrogen and oxygen atoms in total. The van der Waals surface area contributed by atoms with Crippen LogP contribution in [0.25, 0.3) is 21.8 Å². The summed E-state index contributed by atoms with van der Waals surface area (Å²) >= 11 is 0. The lowest BCUT2D eigenvalue weighted by atomic mass is 9.99. The summed E-state index contributed by atoms with van der Waals surface area (Å²) in [7, 11) is 0. The van der Waals surface area contributed by atoms with Crippen molar-refractivity contribution < 1.29 is 107 Å². The Bertz CT molecular complexity index is 4200. The standard InChI is InChI=1S/C78H116N18O22/c1-38(2)27-54(91-73(113)55(28-39(3)4)89-69(109)51(85-43(10)98)22-24-63(100)101)72(112)87-52(23-25-64(102)103)70(110)90-56(29-40(5)6)75(115)95-60(34-65(104)105)77(117)86-50(21-15-16-26-79)68(108)93-58(31-44-35-82-48-19-13-11-17-46(44)48)71(111)84-42(9)67(107)96-61(37-97)78(118)92-57(30-41(7)8)74(114)94-59(76(116)88-53(66(81)106)33-62(80)99)32-45-36-83-49-20-14-12-18-47(45)49/h11-14,17-20,35-36,38-42,50-61,82-83,97H,15-16,21-34,37,79H2,1-10H3,(H2,80,99)(H2,81,106)(H,84,111)(H,85,98)(H,86,117)(H,87,112)(H,88,116)(H,89,109)(H,90,110)(H,91,113)(H,92,118)(H,93,108)(H,94,114)(H,95,115)(H,96,107)(H,100,101)(H,102,103)(H,104,105)/t42-,50-,51-,52-,53-,54-,55-,56-,57-,58-,59-,60-,61-/m0/s1. The average Bonchev–Trinajstić information content (AvgIpc) is 1.54. The number of primary amides is 2. The molecule has 0 fully saturated rings. The highest BCUT2D eigenvalue weighted by molar-refractivity contribution is 6.02. The van der Waals surface area contributed by atoms with Gasteiger partial charge in [0.25, 0.3) is 0 Å². The van der Waals surface area contributed by atoms with Crippen LogP contribution in [-0.2, 0) is 99.1 Å². The summed E-state index contributed by atoms with van der Waals surface area (Å²) in [6.45, 7) is 14.9. The molecule has 4 aromatic rings. The third-order valence-corrected chi connectivity index (χ3v) is 18.7. The van der Waals surface area contributed by atoms with Crippen molar-refractivity contribution in [1.82, 2.24) is 79.1 Å². The molecule has 0 saturated carbocycles. The Hall–Kier alpha value is -12.1. The second kappa shape index (κ2) is 48.4. The molecule has 0 aliphatic rings. The first-order chi connectivity index (χ1) is 55.5. The number of carboxylic acids is 3. The van der Waals surface area contributed by atoms with Gasteiger partial charge in [-0.15, -0.1) is 0 Å². The van der Waals surface area contributed by atoms with Crippen LogP contribution in [0.1, 0.15) is 164 Å². The molecule has 0 aliphatic heterocycles. The summed E-state index contributed by atoms with van der Waals surface area (Å²) in [5.74, 6) is -20.9. The van der Waals surface area contributed by atoms with Crippen molar-refractivity contribution in [1.29, 1.82) is 0 Å². The Morgan fingerprint density at radius 2 is 0.669 bits per heavy atom. The number of aromatic nitrogens is 2. The molecule has 13 atom stereocenters. The average molecular weight is 1660 g/mol. The Balaban J connectivity index is 1.61. The van der Waals surface area contributed by atoms with Crippen LogP contribution in [0.15, 0.2) is 60.9 Å². The van der Waals surface area contributed by atoms with Crippen LogP contribution in [0.5, 0.6) is 0 Å². The van der Waals surface area contributed by atoms with Gasteiger partial charge in [-0.05, 0) is 118 Å². The fourth-order valence-electron chi connectivity index (χ4n) is 12.8. The minimum Gasteiger partial charge on any atom is -0.481 e. The van der Waals surface area contributed by atoms with Crippen molar-refractivity contribution in [3.8, 4) is 0 Å². The first kappa shape index (κ1) is 98.3. The number of nitrogens with two attached hydrogens (primary N) is 3. The SMILES string of the molecule is CC(=O)N[C@@H](CCC(=O)O)C(=O)N[C@@H](CC(C)C)C(=O)N[C@@H](CC(C)C)C(=O)N[C@@H](CCC(=O)O)C(=O)N[C@@H](CC(C)C)C(=O)N[C@@H](CC(=O)O)C(=O)N[C@@H](CCCCN)C(=O)N[C@@H](Cc1c[nH]c2ccccc12)C(=O)N[C@@H](C)C(=O)N[C@@H](CO)C(=O)N[C@@H](CC(C)C)C(=O)N[C@@H](Cc1c[nH]c2ccccc12)C(=O)N[C@@H](CC(N)=O)C(N)=O. The molecule has 4 rings (SSSR count). The number of aliphatic hydroxyl groups excluding tert-OH is 1. The van der Waals surface area contributed by atoms with E-state index in [0.717, 1.165) is 6.92 Å². The van der Waals surface area contributed by atoms with E-state index in [1.54, 1.807) is 116 Å². The van der Waals surface area contributed by atoms with Gasteiger partial charge in [-0.1, -0.05) is 91.8 Å². The zero-order chi connectivity index (χ0) is 88.4. The number of amides is 15. The van der Waals surface area contributed by atoms with Crippen molar-refractivity contribution in [3.05, 3.63) is 72.1 Å². The van der Waals surface area contributed by atoms with Gasteiger partial charge in [0, 0.05) is 66.8 Å². The third kappa shape index (κ3) is 33.6. The number of rotatable bonds is 53. The highest BCUT2D eigenvalue weighted by Gasteiger charge is 2.39. The van der Waals surface area contributed by atoms with Crippen molar-refractivity contribution in [2.24, 2.45) is 40.9 Å². The number of carbonyl (C=O) groups is 18. The molecular formula is C78H116N18O22. The predicted molar refractivity (Wildman–Crippen MR) is 427 cm³/mol. The maximum absolute atomic E-state index is 14.8. The number of carbonyl (C=O) groups excluding carboxylic acids is 15. The Kier molecular flexibility index (Phi) is 40.3. The monoisotopic (exact) mass is 1660 g/mol. The van der Waals surface area contributed by atoms with Crippen LogP contribution in [0.4, 0.5) is 0 Å². The third-order valence-electron chi connectivity index (χ3n) is 18.7. The zero-order valence-corrected chi connectivity index (χ0v) is 68.0. The van der Waals surface area contributed by atoms with Gasteiger partial charge in [0.1, 0.15) is 78.5 Å². The smallest absolute Gasteiger partial charge is 0.305 e. The molecule has 0 spiro atoms. The normalized spacial score (nSPS) is 14.6. The van der Waals surface area contributed by atoms with E-state index in [1.807, 2.05) is 0 Å². The number of aliphatic carboxylic acids is 3. The minimum atomic E-state index is -2.02. The molecule has 2 aromatic heterocycles. The van der Waals surface area contributed by atoms with E-state index in [-0.39, 0.29) is 88.5 Å².